The zero-order valence-electron chi connectivity index (χ0n) is 21.2. The van der Waals surface area contributed by atoms with E-state index < -0.39 is 21.0 Å². The van der Waals surface area contributed by atoms with Gasteiger partial charge in [0.05, 0.1) is 0 Å². The second-order valence-electron chi connectivity index (χ2n) is 10.8. The molecule has 1 unspecified atom stereocenters. The van der Waals surface area contributed by atoms with Crippen LogP contribution in [0.2, 0.25) is 10.6 Å². The fourth-order valence-electron chi connectivity index (χ4n) is 6.32. The minimum absolute atomic E-state index is 0.0797. The minimum atomic E-state index is -3.17. The van der Waals surface area contributed by atoms with Crippen LogP contribution in [0.1, 0.15) is 38.7 Å². The van der Waals surface area contributed by atoms with Gasteiger partial charge in [-0.25, -0.2) is 0 Å². The first-order valence-electron chi connectivity index (χ1n) is 12.9. The number of nitrogens with zero attached hydrogens (tertiary/aromatic N) is 1. The quantitative estimate of drug-likeness (QED) is 0.235. The number of rotatable bonds is 8. The van der Waals surface area contributed by atoms with Crippen LogP contribution >= 0.6 is 7.29 Å². The Hall–Kier alpha value is -2.09. The van der Waals surface area contributed by atoms with Crippen LogP contribution in [-0.4, -0.2) is 24.9 Å². The van der Waals surface area contributed by atoms with Crippen molar-refractivity contribution in [2.45, 2.75) is 49.9 Å². The number of allylic oxidation sites excluding steroid dienone is 1. The Morgan fingerprint density at radius 2 is 1.50 bits per heavy atom. The van der Waals surface area contributed by atoms with Crippen molar-refractivity contribution in [1.82, 2.24) is 0 Å². The van der Waals surface area contributed by atoms with E-state index in [1.165, 1.54) is 6.42 Å². The molecule has 0 saturated heterocycles. The molecule has 3 aromatic rings. The van der Waals surface area contributed by atoms with Gasteiger partial charge in [-0.3, -0.25) is 0 Å². The Labute approximate surface area is 219 Å². The number of benzene rings is 3. The SMILES string of the molecule is CC1(C)[C@@H]2CC[C@@]1(C/[Se](C/C=C/c1ccccc1)=N/P(=O)(c1ccccc1)c1ccccc1)[C@H](O)C2. The van der Waals surface area contributed by atoms with Crippen LogP contribution in [0.3, 0.4) is 0 Å². The third-order valence-electron chi connectivity index (χ3n) is 8.65. The van der Waals surface area contributed by atoms with Gasteiger partial charge in [-0.2, -0.15) is 0 Å². The molecule has 0 aromatic heterocycles. The van der Waals surface area contributed by atoms with Crippen molar-refractivity contribution in [3.05, 3.63) is 103 Å². The summed E-state index contributed by atoms with van der Waals surface area (Å²) >= 11 is -1.78. The number of hydrogen-bond acceptors (Lipinski definition) is 2. The first-order valence-corrected chi connectivity index (χ1v) is 17.7. The van der Waals surface area contributed by atoms with E-state index in [1.807, 2.05) is 78.9 Å². The molecule has 0 amide bonds. The van der Waals surface area contributed by atoms with Crippen molar-refractivity contribution in [1.29, 1.82) is 0 Å². The van der Waals surface area contributed by atoms with Crippen LogP contribution in [0.5, 0.6) is 0 Å². The molecule has 188 valence electrons. The Kier molecular flexibility index (Phi) is 7.34. The molecule has 0 heterocycles. The van der Waals surface area contributed by atoms with Gasteiger partial charge in [-0.1, -0.05) is 0 Å². The predicted octanol–water partition coefficient (Wildman–Crippen LogP) is 7.08. The monoisotopic (exact) mass is 565 g/mol. The molecule has 2 saturated carbocycles. The Balaban J connectivity index is 1.59. The molecule has 3 nitrogen and oxygen atoms in total. The van der Waals surface area contributed by atoms with E-state index >= 15 is 0 Å². The molecule has 2 aliphatic carbocycles. The second-order valence-corrected chi connectivity index (χ2v) is 17.4. The van der Waals surface area contributed by atoms with Gasteiger partial charge in [0.1, 0.15) is 0 Å². The van der Waals surface area contributed by atoms with Gasteiger partial charge in [0, 0.05) is 0 Å². The number of aliphatic hydroxyl groups excluding tert-OH is 1. The van der Waals surface area contributed by atoms with Gasteiger partial charge in [0.2, 0.25) is 0 Å². The van der Waals surface area contributed by atoms with E-state index in [0.717, 1.165) is 39.7 Å². The summed E-state index contributed by atoms with van der Waals surface area (Å²) in [5.41, 5.74) is 1.11. The van der Waals surface area contributed by atoms with E-state index in [2.05, 4.69) is 38.1 Å². The summed E-state index contributed by atoms with van der Waals surface area (Å²) in [6, 6.07) is 29.9. The third kappa shape index (κ3) is 4.66. The molecule has 4 atom stereocenters. The zero-order valence-corrected chi connectivity index (χ0v) is 23.8. The van der Waals surface area contributed by atoms with Crippen LogP contribution in [-0.2, 0) is 4.57 Å². The van der Waals surface area contributed by atoms with E-state index in [4.69, 9.17) is 3.73 Å². The normalized spacial score (nSPS) is 26.0. The molecule has 2 aliphatic rings. The Morgan fingerprint density at radius 3 is 2.00 bits per heavy atom. The summed E-state index contributed by atoms with van der Waals surface area (Å²) in [6.45, 7) is 4.69. The average molecular weight is 565 g/mol. The Morgan fingerprint density at radius 1 is 0.944 bits per heavy atom. The first-order chi connectivity index (χ1) is 17.3. The summed E-state index contributed by atoms with van der Waals surface area (Å²) < 4.78 is 20.2. The average Bonchev–Trinajstić information content (AvgIpc) is 3.25. The summed E-state index contributed by atoms with van der Waals surface area (Å²) in [5.74, 6) is 0.565. The van der Waals surface area contributed by atoms with Crippen LogP contribution in [0.4, 0.5) is 0 Å². The fourth-order valence-corrected chi connectivity index (χ4v) is 16.1. The summed E-state index contributed by atoms with van der Waals surface area (Å²) in [4.78, 5) is 0. The number of aliphatic hydroxyl groups is 1. The zero-order chi connectivity index (χ0) is 25.2. The molecule has 3 aromatic carbocycles. The molecule has 36 heavy (non-hydrogen) atoms. The maximum absolute atomic E-state index is 14.9. The molecular formula is C31H36NO2PSe. The van der Waals surface area contributed by atoms with Crippen molar-refractivity contribution in [3.8, 4) is 0 Å². The topological polar surface area (TPSA) is 49.7 Å². The Bertz CT molecular complexity index is 1250. The molecule has 5 rings (SSSR count). The van der Waals surface area contributed by atoms with Crippen molar-refractivity contribution < 1.29 is 9.67 Å². The van der Waals surface area contributed by atoms with Crippen molar-refractivity contribution >= 4 is 37.7 Å². The van der Waals surface area contributed by atoms with Gasteiger partial charge >= 0.3 is 220 Å². The van der Waals surface area contributed by atoms with E-state index in [-0.39, 0.29) is 16.9 Å². The van der Waals surface area contributed by atoms with E-state index in [0.29, 0.717) is 5.92 Å². The van der Waals surface area contributed by atoms with Crippen LogP contribution in [0.15, 0.2) is 101 Å². The van der Waals surface area contributed by atoms with Crippen molar-refractivity contribution in [3.63, 3.8) is 0 Å². The number of fused-ring (bicyclic) bond motifs is 2. The van der Waals surface area contributed by atoms with Gasteiger partial charge < -0.3 is 0 Å². The fraction of sp³-hybridized carbons (Fsp3) is 0.355. The standard InChI is InChI=1S/C31H36NO2PSe/c1-30(2)26-20-21-31(30,29(33)23-26)24-36(22-12-15-25-13-6-3-7-14-25)32-35(34,27-16-8-4-9-17-27)28-18-10-5-11-19-28/h3-19,26,29,33H,20-24H2,1-2H3/b15-12+/t26-,29-,31-,36?/m1/s1. The van der Waals surface area contributed by atoms with Crippen LogP contribution in [0.25, 0.3) is 6.08 Å². The molecule has 5 heteroatoms. The number of hydrogen-bond donors (Lipinski definition) is 1. The second kappa shape index (κ2) is 10.3. The van der Waals surface area contributed by atoms with Crippen molar-refractivity contribution in [2.24, 2.45) is 20.5 Å². The molecule has 2 fully saturated rings. The third-order valence-corrected chi connectivity index (χ3v) is 17.0. The van der Waals surface area contributed by atoms with E-state index in [1.54, 1.807) is 0 Å². The van der Waals surface area contributed by atoms with Gasteiger partial charge in [0.25, 0.3) is 0 Å². The van der Waals surface area contributed by atoms with Crippen LogP contribution < -0.4 is 10.6 Å². The maximum atomic E-state index is 14.9. The molecule has 2 bridgehead atoms. The molecule has 0 radical (unpaired) electrons. The predicted molar refractivity (Wildman–Crippen MR) is 153 cm³/mol. The van der Waals surface area contributed by atoms with Crippen molar-refractivity contribution in [2.75, 3.05) is 0 Å². The molecule has 0 spiro atoms. The molecular weight excluding hydrogens is 528 g/mol. The van der Waals surface area contributed by atoms with Gasteiger partial charge in [-0.15, -0.1) is 0 Å². The van der Waals surface area contributed by atoms with Crippen LogP contribution in [0, 0.1) is 16.7 Å². The molecule has 1 N–H and O–H groups in total. The van der Waals surface area contributed by atoms with Gasteiger partial charge in [-0.05, 0) is 0 Å². The molecule has 0 aliphatic heterocycles. The van der Waals surface area contributed by atoms with E-state index in [9.17, 15) is 9.67 Å². The summed E-state index contributed by atoms with van der Waals surface area (Å²) in [6.07, 6.45) is 7.20. The summed E-state index contributed by atoms with van der Waals surface area (Å²) in [7, 11) is -3.17. The first kappa shape index (κ1) is 25.6. The summed E-state index contributed by atoms with van der Waals surface area (Å²) in [5, 5.41) is 14.6. The van der Waals surface area contributed by atoms with Gasteiger partial charge in [0.15, 0.2) is 0 Å².